The largest absolute Gasteiger partial charge is 0.389 e. The molecule has 0 aromatic heterocycles. The fourth-order valence-electron chi connectivity index (χ4n) is 1.65. The van der Waals surface area contributed by atoms with E-state index in [1.807, 2.05) is 0 Å². The monoisotopic (exact) mass is 170 g/mol. The maximum Gasteiger partial charge on any atom is 0.0856 e. The van der Waals surface area contributed by atoms with Gasteiger partial charge in [0.05, 0.1) is 11.7 Å². The number of hydrogen-bond donors (Lipinski definition) is 2. The highest BCUT2D eigenvalue weighted by Gasteiger charge is 2.30. The molecule has 0 amide bonds. The molecule has 12 heavy (non-hydrogen) atoms. The second-order valence-electron chi connectivity index (χ2n) is 3.69. The highest BCUT2D eigenvalue weighted by molar-refractivity contribution is 5.12. The first-order chi connectivity index (χ1) is 5.66. The van der Waals surface area contributed by atoms with Crippen LogP contribution < -0.4 is 0 Å². The number of unbranched alkanes of at least 4 members (excludes halogenated alkanes) is 2. The Hall–Kier alpha value is -0.340. The minimum absolute atomic E-state index is 0.434. The van der Waals surface area contributed by atoms with Crippen LogP contribution in [-0.4, -0.2) is 21.9 Å². The van der Waals surface area contributed by atoms with Crippen molar-refractivity contribution in [3.63, 3.8) is 0 Å². The van der Waals surface area contributed by atoms with Crippen LogP contribution >= 0.6 is 0 Å². The van der Waals surface area contributed by atoms with E-state index in [0.29, 0.717) is 6.42 Å². The van der Waals surface area contributed by atoms with Gasteiger partial charge in [0.2, 0.25) is 0 Å². The van der Waals surface area contributed by atoms with Gasteiger partial charge >= 0.3 is 0 Å². The second-order valence-corrected chi connectivity index (χ2v) is 3.69. The van der Waals surface area contributed by atoms with Crippen LogP contribution in [0.15, 0.2) is 12.2 Å². The Morgan fingerprint density at radius 2 is 2.25 bits per heavy atom. The lowest BCUT2D eigenvalue weighted by molar-refractivity contribution is 0.0484. The minimum Gasteiger partial charge on any atom is -0.389 e. The Labute approximate surface area is 73.9 Å². The zero-order chi connectivity index (χ0) is 9.03. The van der Waals surface area contributed by atoms with Crippen LogP contribution in [0.4, 0.5) is 0 Å². The summed E-state index contributed by atoms with van der Waals surface area (Å²) >= 11 is 0. The van der Waals surface area contributed by atoms with E-state index in [1.54, 1.807) is 12.2 Å². The van der Waals surface area contributed by atoms with Gasteiger partial charge in [0.25, 0.3) is 0 Å². The molecule has 0 aromatic rings. The first-order valence-electron chi connectivity index (χ1n) is 4.76. The van der Waals surface area contributed by atoms with E-state index in [9.17, 15) is 10.2 Å². The zero-order valence-electron chi connectivity index (χ0n) is 7.66. The molecule has 0 heterocycles. The molecular formula is C10H18O2. The first-order valence-corrected chi connectivity index (χ1v) is 4.76. The minimum atomic E-state index is -0.714. The number of hydrogen-bond acceptors (Lipinski definition) is 2. The van der Waals surface area contributed by atoms with Crippen molar-refractivity contribution < 1.29 is 10.2 Å². The highest BCUT2D eigenvalue weighted by atomic mass is 16.3. The number of rotatable bonds is 4. The summed E-state index contributed by atoms with van der Waals surface area (Å²) in [5.74, 6) is 0. The third-order valence-electron chi connectivity index (χ3n) is 2.40. The van der Waals surface area contributed by atoms with E-state index in [4.69, 9.17) is 0 Å². The van der Waals surface area contributed by atoms with Gasteiger partial charge in [-0.05, 0) is 6.42 Å². The first kappa shape index (κ1) is 9.75. The lowest BCUT2D eigenvalue weighted by atomic mass is 9.95. The fraction of sp³-hybridized carbons (Fsp3) is 0.800. The second kappa shape index (κ2) is 4.06. The van der Waals surface area contributed by atoms with E-state index in [0.717, 1.165) is 19.3 Å². The summed E-state index contributed by atoms with van der Waals surface area (Å²) in [5.41, 5.74) is -0.714. The van der Waals surface area contributed by atoms with Crippen LogP contribution in [0.5, 0.6) is 0 Å². The predicted octanol–water partition coefficient (Wildman–Crippen LogP) is 1.62. The zero-order valence-corrected chi connectivity index (χ0v) is 7.66. The van der Waals surface area contributed by atoms with E-state index in [2.05, 4.69) is 6.92 Å². The van der Waals surface area contributed by atoms with Crippen molar-refractivity contribution in [2.75, 3.05) is 0 Å². The maximum absolute atomic E-state index is 9.84. The number of aliphatic hydroxyl groups is 2. The van der Waals surface area contributed by atoms with Crippen molar-refractivity contribution in [2.24, 2.45) is 0 Å². The Morgan fingerprint density at radius 3 is 2.75 bits per heavy atom. The van der Waals surface area contributed by atoms with E-state index in [-0.39, 0.29) is 0 Å². The van der Waals surface area contributed by atoms with Crippen LogP contribution in [0.2, 0.25) is 0 Å². The van der Waals surface area contributed by atoms with Crippen molar-refractivity contribution in [2.45, 2.75) is 50.7 Å². The van der Waals surface area contributed by atoms with Crippen LogP contribution in [0.1, 0.15) is 39.0 Å². The lowest BCUT2D eigenvalue weighted by Crippen LogP contribution is -2.25. The van der Waals surface area contributed by atoms with Crippen molar-refractivity contribution in [1.82, 2.24) is 0 Å². The van der Waals surface area contributed by atoms with E-state index in [1.165, 1.54) is 6.42 Å². The molecule has 0 aliphatic heterocycles. The van der Waals surface area contributed by atoms with Crippen LogP contribution in [-0.2, 0) is 0 Å². The fourth-order valence-corrected chi connectivity index (χ4v) is 1.65. The summed E-state index contributed by atoms with van der Waals surface area (Å²) in [7, 11) is 0. The molecule has 2 unspecified atom stereocenters. The Kier molecular flexibility index (Phi) is 3.29. The van der Waals surface area contributed by atoms with Gasteiger partial charge in [0.15, 0.2) is 0 Å². The molecule has 0 aromatic carbocycles. The van der Waals surface area contributed by atoms with Gasteiger partial charge in [-0.1, -0.05) is 38.3 Å². The summed E-state index contributed by atoms with van der Waals surface area (Å²) < 4.78 is 0. The molecule has 1 aliphatic carbocycles. The summed E-state index contributed by atoms with van der Waals surface area (Å²) in [4.78, 5) is 0. The molecule has 2 atom stereocenters. The normalized spacial score (nSPS) is 34.4. The van der Waals surface area contributed by atoms with Gasteiger partial charge < -0.3 is 10.2 Å². The summed E-state index contributed by atoms with van der Waals surface area (Å²) in [5, 5.41) is 19.0. The third kappa shape index (κ3) is 2.61. The highest BCUT2D eigenvalue weighted by Crippen LogP contribution is 2.28. The van der Waals surface area contributed by atoms with Gasteiger partial charge in [-0.3, -0.25) is 0 Å². The molecule has 2 heteroatoms. The smallest absolute Gasteiger partial charge is 0.0856 e. The lowest BCUT2D eigenvalue weighted by Gasteiger charge is -2.20. The van der Waals surface area contributed by atoms with Crippen LogP contribution in [0, 0.1) is 0 Å². The van der Waals surface area contributed by atoms with Gasteiger partial charge in [-0.15, -0.1) is 0 Å². The predicted molar refractivity (Wildman–Crippen MR) is 48.9 cm³/mol. The topological polar surface area (TPSA) is 40.5 Å². The molecule has 1 aliphatic rings. The standard InChI is InChI=1S/C10H18O2/c1-2-3-4-6-10(12)7-5-9(11)8-10/h5,7,9,11-12H,2-4,6,8H2,1H3. The van der Waals surface area contributed by atoms with Crippen LogP contribution in [0.25, 0.3) is 0 Å². The molecule has 70 valence electrons. The van der Waals surface area contributed by atoms with E-state index >= 15 is 0 Å². The molecule has 0 spiro atoms. The number of aliphatic hydroxyl groups excluding tert-OH is 1. The Bertz CT molecular complexity index is 165. The molecule has 0 fully saturated rings. The molecule has 2 N–H and O–H groups in total. The molecular weight excluding hydrogens is 152 g/mol. The van der Waals surface area contributed by atoms with E-state index < -0.39 is 11.7 Å². The summed E-state index contributed by atoms with van der Waals surface area (Å²) in [6.07, 6.45) is 7.64. The van der Waals surface area contributed by atoms with Crippen molar-refractivity contribution in [1.29, 1.82) is 0 Å². The van der Waals surface area contributed by atoms with Gasteiger partial charge in [0, 0.05) is 6.42 Å². The van der Waals surface area contributed by atoms with Crippen molar-refractivity contribution in [3.05, 3.63) is 12.2 Å². The van der Waals surface area contributed by atoms with Gasteiger partial charge in [0.1, 0.15) is 0 Å². The molecule has 2 nitrogen and oxygen atoms in total. The quantitative estimate of drug-likeness (QED) is 0.497. The van der Waals surface area contributed by atoms with Crippen LogP contribution in [0.3, 0.4) is 0 Å². The maximum atomic E-state index is 9.84. The Balaban J connectivity index is 2.26. The molecule has 0 bridgehead atoms. The molecule has 1 rings (SSSR count). The average molecular weight is 170 g/mol. The Morgan fingerprint density at radius 1 is 1.50 bits per heavy atom. The molecule has 0 saturated heterocycles. The average Bonchev–Trinajstić information content (AvgIpc) is 2.32. The SMILES string of the molecule is CCCCCC1(O)C=CC(O)C1. The van der Waals surface area contributed by atoms with Gasteiger partial charge in [-0.2, -0.15) is 0 Å². The summed E-state index contributed by atoms with van der Waals surface area (Å²) in [6, 6.07) is 0. The third-order valence-corrected chi connectivity index (χ3v) is 2.40. The van der Waals surface area contributed by atoms with Crippen molar-refractivity contribution >= 4 is 0 Å². The molecule has 0 saturated carbocycles. The summed E-state index contributed by atoms with van der Waals surface area (Å²) in [6.45, 7) is 2.14. The van der Waals surface area contributed by atoms with Crippen molar-refractivity contribution in [3.8, 4) is 0 Å². The molecule has 0 radical (unpaired) electrons. The van der Waals surface area contributed by atoms with Gasteiger partial charge in [-0.25, -0.2) is 0 Å².